The topological polar surface area (TPSA) is 95.7 Å². The Morgan fingerprint density at radius 3 is 2.45 bits per heavy atom. The van der Waals surface area contributed by atoms with E-state index in [0.717, 1.165) is 0 Å². The highest BCUT2D eigenvalue weighted by molar-refractivity contribution is 7.89. The van der Waals surface area contributed by atoms with Crippen molar-refractivity contribution >= 4 is 21.4 Å². The Hall–Kier alpha value is -1.31. The maximum atomic E-state index is 11.8. The van der Waals surface area contributed by atoms with Gasteiger partial charge in [0.2, 0.25) is 10.0 Å². The summed E-state index contributed by atoms with van der Waals surface area (Å²) in [6.07, 6.45) is 0. The minimum Gasteiger partial charge on any atom is -0.397 e. The molecule has 0 amide bonds. The Morgan fingerprint density at radius 2 is 2.00 bits per heavy atom. The van der Waals surface area contributed by atoms with Crippen molar-refractivity contribution in [3.05, 3.63) is 18.2 Å². The van der Waals surface area contributed by atoms with Crippen molar-refractivity contribution in [3.63, 3.8) is 0 Å². The van der Waals surface area contributed by atoms with Gasteiger partial charge in [-0.15, -0.1) is 0 Å². The number of aliphatic hydroxyl groups is 1. The molecule has 0 aliphatic heterocycles. The molecule has 0 aliphatic carbocycles. The molecule has 0 radical (unpaired) electrons. The highest BCUT2D eigenvalue weighted by Crippen LogP contribution is 2.27. The Labute approximate surface area is 120 Å². The summed E-state index contributed by atoms with van der Waals surface area (Å²) in [6.45, 7) is 6.28. The van der Waals surface area contributed by atoms with Crippen LogP contribution >= 0.6 is 0 Å². The molecule has 0 saturated heterocycles. The van der Waals surface area contributed by atoms with E-state index in [9.17, 15) is 13.5 Å². The van der Waals surface area contributed by atoms with Crippen LogP contribution in [0.2, 0.25) is 0 Å². The summed E-state index contributed by atoms with van der Waals surface area (Å²) < 4.78 is 26.0. The number of benzene rings is 1. The number of nitrogens with two attached hydrogens (primary N) is 1. The molecule has 4 N–H and O–H groups in total. The number of nitrogens with zero attached hydrogens (tertiary/aromatic N) is 1. The van der Waals surface area contributed by atoms with E-state index in [-0.39, 0.29) is 4.90 Å². The molecule has 1 rings (SSSR count). The molecule has 0 aromatic heterocycles. The van der Waals surface area contributed by atoms with Crippen LogP contribution in [0.25, 0.3) is 0 Å². The molecule has 20 heavy (non-hydrogen) atoms. The fourth-order valence-corrected chi connectivity index (χ4v) is 2.67. The number of hydrogen-bond donors (Lipinski definition) is 3. The zero-order valence-corrected chi connectivity index (χ0v) is 13.2. The maximum absolute atomic E-state index is 11.8. The van der Waals surface area contributed by atoms with E-state index in [4.69, 9.17) is 5.73 Å². The molecule has 0 aliphatic rings. The van der Waals surface area contributed by atoms with E-state index in [0.29, 0.717) is 24.5 Å². The highest BCUT2D eigenvalue weighted by Gasteiger charge is 2.21. The molecule has 6 nitrogen and oxygen atoms in total. The van der Waals surface area contributed by atoms with E-state index >= 15 is 0 Å². The number of nitrogen functional groups attached to an aromatic ring is 1. The van der Waals surface area contributed by atoms with Gasteiger partial charge in [0.05, 0.1) is 21.9 Å². The fourth-order valence-electron chi connectivity index (χ4n) is 1.92. The molecule has 114 valence electrons. The third-order valence-electron chi connectivity index (χ3n) is 2.88. The Balaban J connectivity index is 3.26. The highest BCUT2D eigenvalue weighted by atomic mass is 32.2. The van der Waals surface area contributed by atoms with Crippen LogP contribution in [0.15, 0.2) is 23.1 Å². The first kappa shape index (κ1) is 16.7. The number of sulfonamides is 1. The van der Waals surface area contributed by atoms with Gasteiger partial charge in [-0.3, -0.25) is 0 Å². The molecule has 0 unspecified atom stereocenters. The smallest absolute Gasteiger partial charge is 0.240 e. The lowest BCUT2D eigenvalue weighted by molar-refractivity contribution is 0.0876. The number of anilines is 2. The molecule has 0 bridgehead atoms. The molecule has 0 saturated carbocycles. The lowest BCUT2D eigenvalue weighted by Crippen LogP contribution is -2.39. The third kappa shape index (κ3) is 4.09. The monoisotopic (exact) mass is 301 g/mol. The average Bonchev–Trinajstić information content (AvgIpc) is 2.35. The second-order valence-electron chi connectivity index (χ2n) is 5.25. The summed E-state index contributed by atoms with van der Waals surface area (Å²) in [5.41, 5.74) is 6.11. The van der Waals surface area contributed by atoms with Gasteiger partial charge in [0.25, 0.3) is 0 Å². The fraction of sp³-hybridized carbons (Fsp3) is 0.538. The standard InChI is InChI=1S/C13H23N3O3S/c1-5-16(9-13(2,3)17)12-8-10(6-7-11(12)14)20(18,19)15-4/h6-8,15,17H,5,9,14H2,1-4H3. The van der Waals surface area contributed by atoms with Crippen LogP contribution in [0.4, 0.5) is 11.4 Å². The summed E-state index contributed by atoms with van der Waals surface area (Å²) >= 11 is 0. The second-order valence-corrected chi connectivity index (χ2v) is 7.14. The molecule has 0 atom stereocenters. The van der Waals surface area contributed by atoms with Gasteiger partial charge < -0.3 is 15.7 Å². The Kier molecular flexibility index (Phi) is 5.01. The van der Waals surface area contributed by atoms with Crippen molar-refractivity contribution < 1.29 is 13.5 Å². The van der Waals surface area contributed by atoms with Gasteiger partial charge in [-0.05, 0) is 46.0 Å². The van der Waals surface area contributed by atoms with E-state index in [1.165, 1.54) is 19.2 Å². The SMILES string of the molecule is CCN(CC(C)(C)O)c1cc(S(=O)(=O)NC)ccc1N. The summed E-state index contributed by atoms with van der Waals surface area (Å²) in [7, 11) is -2.16. The van der Waals surface area contributed by atoms with Crippen LogP contribution in [0.3, 0.4) is 0 Å². The first-order valence-corrected chi connectivity index (χ1v) is 7.89. The van der Waals surface area contributed by atoms with Crippen LogP contribution in [0.5, 0.6) is 0 Å². The van der Waals surface area contributed by atoms with Crippen LogP contribution < -0.4 is 15.4 Å². The first-order chi connectivity index (χ1) is 9.10. The van der Waals surface area contributed by atoms with Gasteiger partial charge >= 0.3 is 0 Å². The molecule has 1 aromatic carbocycles. The van der Waals surface area contributed by atoms with Gasteiger partial charge in [-0.1, -0.05) is 0 Å². The molecular weight excluding hydrogens is 278 g/mol. The van der Waals surface area contributed by atoms with Gasteiger partial charge in [0.1, 0.15) is 0 Å². The van der Waals surface area contributed by atoms with Crippen molar-refractivity contribution in [1.29, 1.82) is 0 Å². The zero-order chi connectivity index (χ0) is 15.6. The summed E-state index contributed by atoms with van der Waals surface area (Å²) in [5.74, 6) is 0. The summed E-state index contributed by atoms with van der Waals surface area (Å²) in [5, 5.41) is 9.93. The van der Waals surface area contributed by atoms with Crippen LogP contribution in [0, 0.1) is 0 Å². The molecule has 0 spiro atoms. The van der Waals surface area contributed by atoms with Crippen LogP contribution in [-0.2, 0) is 10.0 Å². The van der Waals surface area contributed by atoms with Gasteiger partial charge in [0, 0.05) is 13.1 Å². The van der Waals surface area contributed by atoms with Crippen molar-refractivity contribution in [2.75, 3.05) is 30.8 Å². The van der Waals surface area contributed by atoms with Crippen LogP contribution in [-0.4, -0.2) is 39.3 Å². The molecule has 0 heterocycles. The maximum Gasteiger partial charge on any atom is 0.240 e. The van der Waals surface area contributed by atoms with Crippen molar-refractivity contribution in [2.45, 2.75) is 31.3 Å². The van der Waals surface area contributed by atoms with Gasteiger partial charge in [0.15, 0.2) is 0 Å². The molecule has 1 aromatic rings. The molecule has 0 fully saturated rings. The first-order valence-electron chi connectivity index (χ1n) is 6.41. The van der Waals surface area contributed by atoms with Gasteiger partial charge in [-0.25, -0.2) is 13.1 Å². The number of hydrogen-bond acceptors (Lipinski definition) is 5. The predicted octanol–water partition coefficient (Wildman–Crippen LogP) is 0.774. The van der Waals surface area contributed by atoms with E-state index < -0.39 is 15.6 Å². The summed E-state index contributed by atoms with van der Waals surface area (Å²) in [4.78, 5) is 2.00. The second kappa shape index (κ2) is 5.99. The minimum absolute atomic E-state index is 0.151. The van der Waals surface area contributed by atoms with Gasteiger partial charge in [-0.2, -0.15) is 0 Å². The normalized spacial score (nSPS) is 12.4. The molecular formula is C13H23N3O3S. The lowest BCUT2D eigenvalue weighted by Gasteiger charge is -2.31. The van der Waals surface area contributed by atoms with Crippen molar-refractivity contribution in [1.82, 2.24) is 4.72 Å². The van der Waals surface area contributed by atoms with Crippen molar-refractivity contribution in [2.24, 2.45) is 0 Å². The Morgan fingerprint density at radius 1 is 1.40 bits per heavy atom. The number of rotatable bonds is 6. The quantitative estimate of drug-likeness (QED) is 0.675. The number of likely N-dealkylation sites (N-methyl/N-ethyl adjacent to an activating group) is 1. The van der Waals surface area contributed by atoms with E-state index in [2.05, 4.69) is 4.72 Å². The zero-order valence-electron chi connectivity index (χ0n) is 12.3. The molecule has 7 heteroatoms. The van der Waals surface area contributed by atoms with Crippen LogP contribution in [0.1, 0.15) is 20.8 Å². The predicted molar refractivity (Wildman–Crippen MR) is 81.3 cm³/mol. The summed E-state index contributed by atoms with van der Waals surface area (Å²) in [6, 6.07) is 4.55. The van der Waals surface area contributed by atoms with Crippen molar-refractivity contribution in [3.8, 4) is 0 Å². The average molecular weight is 301 g/mol. The minimum atomic E-state index is -3.52. The Bertz CT molecular complexity index is 565. The van der Waals surface area contributed by atoms with E-state index in [1.807, 2.05) is 11.8 Å². The third-order valence-corrected chi connectivity index (χ3v) is 4.29. The lowest BCUT2D eigenvalue weighted by atomic mass is 10.1. The number of nitrogens with one attached hydrogen (secondary N) is 1. The largest absolute Gasteiger partial charge is 0.397 e. The van der Waals surface area contributed by atoms with E-state index in [1.54, 1.807) is 19.9 Å².